The van der Waals surface area contributed by atoms with Gasteiger partial charge < -0.3 is 10.4 Å². The number of thiazole rings is 1. The number of nitrogens with zero attached hydrogens (tertiary/aromatic N) is 1. The summed E-state index contributed by atoms with van der Waals surface area (Å²) in [6.07, 6.45) is 3.10. The monoisotopic (exact) mass is 288 g/mol. The minimum atomic E-state index is -0.467. The van der Waals surface area contributed by atoms with Gasteiger partial charge in [0.05, 0.1) is 17.8 Å². The average molecular weight is 288 g/mol. The normalized spacial score (nSPS) is 16.9. The largest absolute Gasteiger partial charge is 0.387 e. The van der Waals surface area contributed by atoms with Crippen molar-refractivity contribution >= 4 is 11.3 Å². The lowest BCUT2D eigenvalue weighted by Gasteiger charge is -2.16. The predicted octanol–water partition coefficient (Wildman–Crippen LogP) is 3.02. The summed E-state index contributed by atoms with van der Waals surface area (Å²) in [6, 6.07) is 9.97. The molecular weight excluding hydrogens is 268 g/mol. The van der Waals surface area contributed by atoms with Gasteiger partial charge in [-0.1, -0.05) is 30.3 Å². The number of hydrogen-bond acceptors (Lipinski definition) is 4. The van der Waals surface area contributed by atoms with Gasteiger partial charge >= 0.3 is 0 Å². The van der Waals surface area contributed by atoms with Gasteiger partial charge in [-0.3, -0.25) is 0 Å². The molecule has 2 aromatic rings. The molecule has 1 aliphatic rings. The lowest BCUT2D eigenvalue weighted by molar-refractivity contribution is 0.171. The minimum Gasteiger partial charge on any atom is -0.387 e. The number of hydrogen-bond donors (Lipinski definition) is 2. The molecule has 0 aliphatic heterocycles. The molecule has 2 unspecified atom stereocenters. The van der Waals surface area contributed by atoms with E-state index in [0.717, 1.165) is 17.0 Å². The number of fused-ring (bicyclic) bond motifs is 1. The zero-order valence-corrected chi connectivity index (χ0v) is 12.5. The smallest absolute Gasteiger partial charge is 0.110 e. The molecule has 0 radical (unpaired) electrons. The highest BCUT2D eigenvalue weighted by molar-refractivity contribution is 7.11. The average Bonchev–Trinajstić information content (AvgIpc) is 3.06. The van der Waals surface area contributed by atoms with Crippen LogP contribution < -0.4 is 5.32 Å². The first kappa shape index (κ1) is 13.7. The predicted molar refractivity (Wildman–Crippen MR) is 82.0 cm³/mol. The second kappa shape index (κ2) is 6.04. The van der Waals surface area contributed by atoms with Gasteiger partial charge in [0.1, 0.15) is 5.01 Å². The molecule has 0 fully saturated rings. The second-order valence-electron chi connectivity index (χ2n) is 5.33. The van der Waals surface area contributed by atoms with Crippen molar-refractivity contribution in [1.29, 1.82) is 0 Å². The summed E-state index contributed by atoms with van der Waals surface area (Å²) >= 11 is 1.82. The van der Waals surface area contributed by atoms with Crippen LogP contribution >= 0.6 is 11.3 Å². The lowest BCUT2D eigenvalue weighted by atomic mass is 10.1. The zero-order chi connectivity index (χ0) is 13.9. The zero-order valence-electron chi connectivity index (χ0n) is 11.7. The number of aryl methyl sites for hydroxylation is 2. The third-order valence-corrected chi connectivity index (χ3v) is 5.12. The van der Waals surface area contributed by atoms with Crippen molar-refractivity contribution in [3.63, 3.8) is 0 Å². The van der Waals surface area contributed by atoms with Crippen LogP contribution in [-0.4, -0.2) is 16.6 Å². The van der Waals surface area contributed by atoms with Gasteiger partial charge in [0.15, 0.2) is 0 Å². The Balaban J connectivity index is 1.57. The van der Waals surface area contributed by atoms with E-state index in [1.807, 2.05) is 41.7 Å². The molecule has 0 amide bonds. The van der Waals surface area contributed by atoms with Crippen molar-refractivity contribution in [1.82, 2.24) is 10.3 Å². The van der Waals surface area contributed by atoms with Crippen molar-refractivity contribution in [3.05, 3.63) is 51.5 Å². The fourth-order valence-corrected chi connectivity index (χ4v) is 3.74. The summed E-state index contributed by atoms with van der Waals surface area (Å²) in [5.41, 5.74) is 2.25. The third-order valence-electron chi connectivity index (χ3n) is 3.78. The lowest BCUT2D eigenvalue weighted by Crippen LogP contribution is -2.24. The van der Waals surface area contributed by atoms with E-state index in [2.05, 4.69) is 12.2 Å². The van der Waals surface area contributed by atoms with Crippen LogP contribution in [0.4, 0.5) is 0 Å². The highest BCUT2D eigenvalue weighted by atomic mass is 32.1. The van der Waals surface area contributed by atoms with Crippen molar-refractivity contribution in [2.45, 2.75) is 38.3 Å². The van der Waals surface area contributed by atoms with E-state index in [1.165, 1.54) is 23.4 Å². The molecule has 0 bridgehead atoms. The first-order chi connectivity index (χ1) is 9.74. The number of nitrogens with one attached hydrogen (secondary N) is 1. The van der Waals surface area contributed by atoms with Gasteiger partial charge in [-0.25, -0.2) is 4.98 Å². The Bertz CT molecular complexity index is 546. The van der Waals surface area contributed by atoms with Gasteiger partial charge in [-0.05, 0) is 31.7 Å². The summed E-state index contributed by atoms with van der Waals surface area (Å²) < 4.78 is 0. The van der Waals surface area contributed by atoms with Crippen LogP contribution in [0, 0.1) is 0 Å². The molecule has 1 aromatic carbocycles. The SMILES string of the molecule is CC(NCC(O)c1ccccc1)c1nc2c(s1)CCC2. The molecule has 0 saturated heterocycles. The third kappa shape index (κ3) is 2.92. The van der Waals surface area contributed by atoms with Crippen molar-refractivity contribution < 1.29 is 5.11 Å². The van der Waals surface area contributed by atoms with Crippen LogP contribution in [-0.2, 0) is 12.8 Å². The number of benzene rings is 1. The summed E-state index contributed by atoms with van der Waals surface area (Å²) in [5, 5.41) is 14.7. The molecule has 0 saturated carbocycles. The van der Waals surface area contributed by atoms with Gasteiger partial charge in [-0.15, -0.1) is 11.3 Å². The maximum atomic E-state index is 10.2. The maximum absolute atomic E-state index is 10.2. The van der Waals surface area contributed by atoms with E-state index in [0.29, 0.717) is 6.54 Å². The van der Waals surface area contributed by atoms with Crippen LogP contribution in [0.3, 0.4) is 0 Å². The molecule has 1 aromatic heterocycles. The van der Waals surface area contributed by atoms with Gasteiger partial charge in [-0.2, -0.15) is 0 Å². The summed E-state index contributed by atoms with van der Waals surface area (Å²) in [5.74, 6) is 0. The maximum Gasteiger partial charge on any atom is 0.110 e. The van der Waals surface area contributed by atoms with E-state index < -0.39 is 6.10 Å². The molecule has 3 rings (SSSR count). The quantitative estimate of drug-likeness (QED) is 0.889. The molecule has 3 nitrogen and oxygen atoms in total. The van der Waals surface area contributed by atoms with Crippen LogP contribution in [0.5, 0.6) is 0 Å². The highest BCUT2D eigenvalue weighted by Crippen LogP contribution is 2.30. The van der Waals surface area contributed by atoms with E-state index in [9.17, 15) is 5.11 Å². The molecule has 2 N–H and O–H groups in total. The first-order valence-electron chi connectivity index (χ1n) is 7.19. The summed E-state index contributed by atoms with van der Waals surface area (Å²) in [6.45, 7) is 2.67. The van der Waals surface area contributed by atoms with E-state index in [-0.39, 0.29) is 6.04 Å². The van der Waals surface area contributed by atoms with Gasteiger partial charge in [0, 0.05) is 11.4 Å². The van der Waals surface area contributed by atoms with Crippen molar-refractivity contribution in [3.8, 4) is 0 Å². The standard InChI is InChI=1S/C16H20N2OS/c1-11(16-18-13-8-5-9-15(13)20-16)17-10-14(19)12-6-3-2-4-7-12/h2-4,6-7,11,14,17,19H,5,8-10H2,1H3. The fourth-order valence-electron chi connectivity index (χ4n) is 2.56. The van der Waals surface area contributed by atoms with E-state index >= 15 is 0 Å². The van der Waals surface area contributed by atoms with Crippen LogP contribution in [0.15, 0.2) is 30.3 Å². The molecule has 0 spiro atoms. The van der Waals surface area contributed by atoms with Crippen molar-refractivity contribution in [2.75, 3.05) is 6.54 Å². The Kier molecular flexibility index (Phi) is 4.15. The molecule has 106 valence electrons. The van der Waals surface area contributed by atoms with Gasteiger partial charge in [0.2, 0.25) is 0 Å². The Labute approximate surface area is 123 Å². The van der Waals surface area contributed by atoms with E-state index in [1.54, 1.807) is 0 Å². The van der Waals surface area contributed by atoms with Crippen molar-refractivity contribution in [2.24, 2.45) is 0 Å². The number of rotatable bonds is 5. The minimum absolute atomic E-state index is 0.198. The molecule has 1 aliphatic carbocycles. The fraction of sp³-hybridized carbons (Fsp3) is 0.438. The Morgan fingerprint density at radius 1 is 1.30 bits per heavy atom. The Hall–Kier alpha value is -1.23. The molecule has 4 heteroatoms. The van der Waals surface area contributed by atoms with Crippen LogP contribution in [0.1, 0.15) is 46.6 Å². The molecule has 1 heterocycles. The molecular formula is C16H20N2OS. The Morgan fingerprint density at radius 2 is 2.10 bits per heavy atom. The number of aliphatic hydroxyl groups is 1. The second-order valence-corrected chi connectivity index (χ2v) is 6.45. The number of aromatic nitrogens is 1. The highest BCUT2D eigenvalue weighted by Gasteiger charge is 2.20. The summed E-state index contributed by atoms with van der Waals surface area (Å²) in [7, 11) is 0. The first-order valence-corrected chi connectivity index (χ1v) is 8.00. The van der Waals surface area contributed by atoms with Gasteiger partial charge in [0.25, 0.3) is 0 Å². The summed E-state index contributed by atoms with van der Waals surface area (Å²) in [4.78, 5) is 6.17. The van der Waals surface area contributed by atoms with Crippen LogP contribution in [0.25, 0.3) is 0 Å². The number of aliphatic hydroxyl groups excluding tert-OH is 1. The molecule has 20 heavy (non-hydrogen) atoms. The topological polar surface area (TPSA) is 45.1 Å². The van der Waals surface area contributed by atoms with Crippen LogP contribution in [0.2, 0.25) is 0 Å². The Morgan fingerprint density at radius 3 is 2.85 bits per heavy atom. The molecule has 2 atom stereocenters. The van der Waals surface area contributed by atoms with E-state index in [4.69, 9.17) is 4.98 Å².